The summed E-state index contributed by atoms with van der Waals surface area (Å²) in [6.45, 7) is 4.88. The Labute approximate surface area is 294 Å². The molecule has 1 aliphatic rings. The number of fused-ring (bicyclic) bond motifs is 1. The van der Waals surface area contributed by atoms with Gasteiger partial charge in [0.15, 0.2) is 5.82 Å². The summed E-state index contributed by atoms with van der Waals surface area (Å²) >= 11 is 0. The third-order valence-corrected chi connectivity index (χ3v) is 9.67. The smallest absolute Gasteiger partial charge is 0.214 e. The Hall–Kier alpha value is -5.51. The van der Waals surface area contributed by atoms with Gasteiger partial charge >= 0.3 is 0 Å². The predicted molar refractivity (Wildman–Crippen MR) is 191 cm³/mol. The number of nitrogens with zero attached hydrogens (tertiary/aromatic N) is 5. The minimum atomic E-state index is -0.637. The first kappa shape index (κ1) is 34.0. The van der Waals surface area contributed by atoms with Crippen LogP contribution in [-0.2, 0) is 19.6 Å². The zero-order valence-corrected chi connectivity index (χ0v) is 28.5. The normalized spacial score (nSPS) is 13.3. The molecule has 1 aliphatic carbocycles. The summed E-state index contributed by atoms with van der Waals surface area (Å²) in [6.07, 6.45) is 8.05. The lowest BCUT2D eigenvalue weighted by Gasteiger charge is -2.18. The van der Waals surface area contributed by atoms with Crippen molar-refractivity contribution in [2.45, 2.75) is 65.5 Å². The molecular formula is C41H38F3N5O2. The Kier molecular flexibility index (Phi) is 9.83. The quantitative estimate of drug-likeness (QED) is 0.129. The number of aliphatic hydroxyl groups excluding tert-OH is 1. The highest BCUT2D eigenvalue weighted by Crippen LogP contribution is 2.34. The van der Waals surface area contributed by atoms with Crippen LogP contribution < -0.4 is 4.74 Å². The number of pyridine rings is 1. The zero-order valence-electron chi connectivity index (χ0n) is 28.5. The summed E-state index contributed by atoms with van der Waals surface area (Å²) in [6, 6.07) is 19.1. The summed E-state index contributed by atoms with van der Waals surface area (Å²) in [7, 11) is 0. The number of rotatable bonds is 12. The van der Waals surface area contributed by atoms with Crippen molar-refractivity contribution < 1.29 is 23.0 Å². The standard InChI is InChI=1S/C41H38F3N5O2/c1-3-25(2)15-18-49-37-21-27(40(50)26-7-4-8-26)13-14-36(37)47-38(49)22-30-20-34(44)31(23-33(30)43)35-9-5-10-39(48-35)51-24-29-12-11-28(19-32(29)42)41-45-16-6-17-46-41/h5-6,9-14,16-17,19-21,23,25,50H,3-4,7-8,15,18,22,24H2,1-2H3. The van der Waals surface area contributed by atoms with Gasteiger partial charge in [0.05, 0.1) is 16.7 Å². The summed E-state index contributed by atoms with van der Waals surface area (Å²) < 4.78 is 54.2. The van der Waals surface area contributed by atoms with E-state index < -0.39 is 17.5 Å². The Bertz CT molecular complexity index is 2230. The Balaban J connectivity index is 1.12. The van der Waals surface area contributed by atoms with E-state index in [4.69, 9.17) is 9.72 Å². The predicted octanol–water partition coefficient (Wildman–Crippen LogP) is 10.0. The number of allylic oxidation sites excluding steroid dienone is 1. The van der Waals surface area contributed by atoms with Gasteiger partial charge in [-0.15, -0.1) is 0 Å². The third kappa shape index (κ3) is 7.36. The van der Waals surface area contributed by atoms with Crippen LogP contribution in [0.2, 0.25) is 0 Å². The zero-order chi connectivity index (χ0) is 35.5. The van der Waals surface area contributed by atoms with E-state index in [9.17, 15) is 9.50 Å². The van der Waals surface area contributed by atoms with E-state index in [1.807, 2.05) is 18.2 Å². The molecular weight excluding hydrogens is 651 g/mol. The first-order chi connectivity index (χ1) is 24.8. The van der Waals surface area contributed by atoms with Gasteiger partial charge in [-0.25, -0.2) is 33.1 Å². The van der Waals surface area contributed by atoms with E-state index in [1.165, 1.54) is 12.1 Å². The molecule has 3 heterocycles. The van der Waals surface area contributed by atoms with Crippen molar-refractivity contribution in [1.82, 2.24) is 24.5 Å². The average molecular weight is 690 g/mol. The maximum Gasteiger partial charge on any atom is 0.214 e. The van der Waals surface area contributed by atoms with Crippen LogP contribution in [0.1, 0.15) is 68.5 Å². The fourth-order valence-electron chi connectivity index (χ4n) is 6.19. The summed E-state index contributed by atoms with van der Waals surface area (Å²) in [5.74, 6) is 0.256. The van der Waals surface area contributed by atoms with Gasteiger partial charge in [-0.2, -0.15) is 0 Å². The second-order valence-electron chi connectivity index (χ2n) is 13.1. The molecule has 260 valence electrons. The van der Waals surface area contributed by atoms with Crippen LogP contribution in [0.25, 0.3) is 39.4 Å². The molecule has 1 fully saturated rings. The molecule has 3 aromatic carbocycles. The Morgan fingerprint density at radius 2 is 1.69 bits per heavy atom. The second-order valence-corrected chi connectivity index (χ2v) is 13.1. The number of aryl methyl sites for hydroxylation is 1. The van der Waals surface area contributed by atoms with Crippen molar-refractivity contribution in [3.8, 4) is 28.5 Å². The lowest BCUT2D eigenvalue weighted by atomic mass is 9.89. The fraction of sp³-hybridized carbons (Fsp3) is 0.268. The van der Waals surface area contributed by atoms with E-state index in [2.05, 4.69) is 33.4 Å². The number of imidazole rings is 1. The van der Waals surface area contributed by atoms with Gasteiger partial charge in [-0.1, -0.05) is 38.5 Å². The van der Waals surface area contributed by atoms with E-state index in [-0.39, 0.29) is 35.7 Å². The van der Waals surface area contributed by atoms with Gasteiger partial charge in [0.1, 0.15) is 35.6 Å². The third-order valence-electron chi connectivity index (χ3n) is 9.67. The van der Waals surface area contributed by atoms with Gasteiger partial charge in [-0.3, -0.25) is 0 Å². The molecule has 0 bridgehead atoms. The summed E-state index contributed by atoms with van der Waals surface area (Å²) in [5.41, 5.74) is 4.56. The van der Waals surface area contributed by atoms with Crippen LogP contribution in [-0.4, -0.2) is 29.6 Å². The van der Waals surface area contributed by atoms with Crippen LogP contribution in [0.4, 0.5) is 13.2 Å². The number of aromatic nitrogens is 5. The molecule has 0 saturated heterocycles. The number of ether oxygens (including phenoxy) is 1. The fourth-order valence-corrected chi connectivity index (χ4v) is 6.19. The van der Waals surface area contributed by atoms with E-state index in [0.29, 0.717) is 41.0 Å². The second kappa shape index (κ2) is 14.8. The Morgan fingerprint density at radius 1 is 0.882 bits per heavy atom. The molecule has 6 aromatic rings. The van der Waals surface area contributed by atoms with Gasteiger partial charge in [0.25, 0.3) is 0 Å². The topological polar surface area (TPSA) is 86.0 Å². The molecule has 0 spiro atoms. The lowest BCUT2D eigenvalue weighted by molar-refractivity contribution is 0.288. The van der Waals surface area contributed by atoms with Crippen LogP contribution in [0.3, 0.4) is 0 Å². The number of hydrogen-bond donors (Lipinski definition) is 1. The van der Waals surface area contributed by atoms with Crippen molar-refractivity contribution in [3.63, 3.8) is 0 Å². The largest absolute Gasteiger partial charge is 0.507 e. The lowest BCUT2D eigenvalue weighted by Crippen LogP contribution is -2.09. The first-order valence-corrected chi connectivity index (χ1v) is 17.3. The number of hydrogen-bond acceptors (Lipinski definition) is 6. The molecule has 1 N–H and O–H groups in total. The van der Waals surface area contributed by atoms with Crippen molar-refractivity contribution in [2.75, 3.05) is 0 Å². The van der Waals surface area contributed by atoms with Crippen LogP contribution >= 0.6 is 0 Å². The molecule has 1 saturated carbocycles. The van der Waals surface area contributed by atoms with Crippen molar-refractivity contribution >= 4 is 16.8 Å². The highest BCUT2D eigenvalue weighted by molar-refractivity contribution is 5.81. The highest BCUT2D eigenvalue weighted by atomic mass is 19.1. The van der Waals surface area contributed by atoms with Crippen molar-refractivity contribution in [3.05, 3.63) is 131 Å². The minimum absolute atomic E-state index is 0.0190. The van der Waals surface area contributed by atoms with Crippen molar-refractivity contribution in [2.24, 2.45) is 5.92 Å². The molecule has 3 aromatic heterocycles. The molecule has 51 heavy (non-hydrogen) atoms. The van der Waals surface area contributed by atoms with Gasteiger partial charge < -0.3 is 14.4 Å². The molecule has 0 radical (unpaired) electrons. The highest BCUT2D eigenvalue weighted by Gasteiger charge is 2.20. The molecule has 1 atom stereocenters. The molecule has 7 nitrogen and oxygen atoms in total. The summed E-state index contributed by atoms with van der Waals surface area (Å²) in [4.78, 5) is 17.5. The first-order valence-electron chi connectivity index (χ1n) is 17.3. The van der Waals surface area contributed by atoms with Gasteiger partial charge in [0, 0.05) is 53.7 Å². The Morgan fingerprint density at radius 3 is 2.43 bits per heavy atom. The van der Waals surface area contributed by atoms with Crippen LogP contribution in [0.5, 0.6) is 5.88 Å². The van der Waals surface area contributed by atoms with Crippen LogP contribution in [0.15, 0.2) is 90.8 Å². The SMILES string of the molecule is CCC(C)CCn1c(Cc2cc(F)c(-c3cccc(OCc4ccc(-c5ncccn5)cc4F)n3)cc2F)nc2ccc(C(O)=C3CCC3)cc21. The number of aliphatic hydroxyl groups is 1. The maximum atomic E-state index is 15.8. The van der Waals surface area contributed by atoms with E-state index >= 15 is 8.78 Å². The van der Waals surface area contributed by atoms with E-state index in [1.54, 1.807) is 48.8 Å². The minimum Gasteiger partial charge on any atom is -0.507 e. The average Bonchev–Trinajstić information content (AvgIpc) is 3.47. The monoisotopic (exact) mass is 689 g/mol. The van der Waals surface area contributed by atoms with Gasteiger partial charge in [-0.05, 0) is 91.3 Å². The molecule has 1 unspecified atom stereocenters. The van der Waals surface area contributed by atoms with Gasteiger partial charge in [0.2, 0.25) is 5.88 Å². The van der Waals surface area contributed by atoms with Crippen molar-refractivity contribution in [1.29, 1.82) is 0 Å². The molecule has 0 amide bonds. The summed E-state index contributed by atoms with van der Waals surface area (Å²) in [5, 5.41) is 10.9. The molecule has 10 heteroatoms. The number of benzene rings is 3. The number of halogens is 3. The van der Waals surface area contributed by atoms with E-state index in [0.717, 1.165) is 60.3 Å². The molecule has 7 rings (SSSR count). The van der Waals surface area contributed by atoms with Crippen LogP contribution in [0, 0.1) is 23.4 Å². The maximum absolute atomic E-state index is 15.8. The molecule has 0 aliphatic heterocycles.